The Kier molecular flexibility index (Phi) is 5.56. The first-order valence-corrected chi connectivity index (χ1v) is 11.6. The summed E-state index contributed by atoms with van der Waals surface area (Å²) in [5.41, 5.74) is 6.00. The number of piperidine rings is 1. The summed E-state index contributed by atoms with van der Waals surface area (Å²) in [6.45, 7) is 4.56. The summed E-state index contributed by atoms with van der Waals surface area (Å²) < 4.78 is 7.93. The molecular formula is C25H27N3OS. The minimum Gasteiger partial charge on any atom is -0.497 e. The molecule has 0 radical (unpaired) electrons. The van der Waals surface area contributed by atoms with Crippen LogP contribution in [0.5, 0.6) is 5.75 Å². The van der Waals surface area contributed by atoms with Crippen LogP contribution in [0.4, 0.5) is 0 Å². The van der Waals surface area contributed by atoms with E-state index in [-0.39, 0.29) is 0 Å². The number of pyridine rings is 1. The highest BCUT2D eigenvalue weighted by molar-refractivity contribution is 7.08. The quantitative estimate of drug-likeness (QED) is 0.390. The molecule has 0 N–H and O–H groups in total. The van der Waals surface area contributed by atoms with E-state index in [9.17, 15) is 0 Å². The molecule has 1 aliphatic rings. The highest BCUT2D eigenvalue weighted by Gasteiger charge is 2.15. The highest BCUT2D eigenvalue weighted by atomic mass is 32.1. The van der Waals surface area contributed by atoms with Gasteiger partial charge in [0.2, 0.25) is 0 Å². The minimum atomic E-state index is 0.888. The van der Waals surface area contributed by atoms with Crippen molar-refractivity contribution in [2.24, 2.45) is 0 Å². The molecular weight excluding hydrogens is 390 g/mol. The number of thiophene rings is 1. The Morgan fingerprint density at radius 1 is 0.967 bits per heavy atom. The van der Waals surface area contributed by atoms with Crippen molar-refractivity contribution in [3.63, 3.8) is 0 Å². The summed E-state index contributed by atoms with van der Waals surface area (Å²) in [5, 5.41) is 5.50. The fourth-order valence-electron chi connectivity index (χ4n) is 4.42. The molecule has 4 heterocycles. The van der Waals surface area contributed by atoms with E-state index in [1.165, 1.54) is 54.4 Å². The first-order valence-electron chi connectivity index (χ1n) is 10.7. The topological polar surface area (TPSA) is 30.3 Å². The molecule has 0 amide bonds. The van der Waals surface area contributed by atoms with Crippen molar-refractivity contribution in [2.75, 3.05) is 26.7 Å². The molecule has 1 aliphatic heterocycles. The zero-order chi connectivity index (χ0) is 20.3. The van der Waals surface area contributed by atoms with Gasteiger partial charge in [-0.25, -0.2) is 0 Å². The monoisotopic (exact) mass is 417 g/mol. The van der Waals surface area contributed by atoms with E-state index in [0.717, 1.165) is 30.0 Å². The Bertz CT molecular complexity index is 1130. The molecule has 0 unspecified atom stereocenters. The summed E-state index contributed by atoms with van der Waals surface area (Å²) >= 11 is 1.71. The van der Waals surface area contributed by atoms with Crippen LogP contribution in [0.2, 0.25) is 0 Å². The third-order valence-electron chi connectivity index (χ3n) is 6.10. The zero-order valence-electron chi connectivity index (χ0n) is 17.4. The lowest BCUT2D eigenvalue weighted by atomic mass is 10.0. The van der Waals surface area contributed by atoms with Crippen LogP contribution in [-0.2, 0) is 6.54 Å². The SMILES string of the molecule is COc1ccc2c(c1)c(-c1cncc(-c3ccsc3)c1)cn2CCN1CCCCC1. The van der Waals surface area contributed by atoms with E-state index in [1.807, 2.05) is 12.4 Å². The van der Waals surface area contributed by atoms with Crippen LogP contribution in [0.3, 0.4) is 0 Å². The number of nitrogens with zero attached hydrogens (tertiary/aromatic N) is 3. The van der Waals surface area contributed by atoms with Gasteiger partial charge in [-0.2, -0.15) is 11.3 Å². The lowest BCUT2D eigenvalue weighted by Crippen LogP contribution is -2.32. The van der Waals surface area contributed by atoms with Crippen molar-refractivity contribution in [3.8, 4) is 28.0 Å². The lowest BCUT2D eigenvalue weighted by Gasteiger charge is -2.26. The van der Waals surface area contributed by atoms with Gasteiger partial charge in [-0.15, -0.1) is 0 Å². The minimum absolute atomic E-state index is 0.888. The van der Waals surface area contributed by atoms with Crippen LogP contribution in [-0.4, -0.2) is 41.2 Å². The molecule has 5 heteroatoms. The molecule has 4 nitrogen and oxygen atoms in total. The summed E-state index contributed by atoms with van der Waals surface area (Å²) in [6.07, 6.45) is 10.2. The first kappa shape index (κ1) is 19.3. The third kappa shape index (κ3) is 3.87. The van der Waals surface area contributed by atoms with Gasteiger partial charge in [0.1, 0.15) is 5.75 Å². The average Bonchev–Trinajstić information content (AvgIpc) is 3.47. The standard InChI is InChI=1S/C25H27N3OS/c1-29-22-5-6-25-23(14-22)24(17-28(25)11-10-27-8-3-2-4-9-27)21-13-20(15-26-16-21)19-7-12-30-18-19/h5-7,12-18H,2-4,8-11H2,1H3. The second-order valence-corrected chi connectivity index (χ2v) is 8.78. The highest BCUT2D eigenvalue weighted by Crippen LogP contribution is 2.35. The van der Waals surface area contributed by atoms with E-state index >= 15 is 0 Å². The van der Waals surface area contributed by atoms with E-state index in [4.69, 9.17) is 4.74 Å². The Labute approximate surface area is 181 Å². The van der Waals surface area contributed by atoms with Crippen LogP contribution in [0.15, 0.2) is 59.7 Å². The number of rotatable bonds is 6. The van der Waals surface area contributed by atoms with Gasteiger partial charge in [0.05, 0.1) is 7.11 Å². The van der Waals surface area contributed by atoms with Gasteiger partial charge >= 0.3 is 0 Å². The van der Waals surface area contributed by atoms with Gasteiger partial charge in [0, 0.05) is 59.3 Å². The molecule has 0 spiro atoms. The van der Waals surface area contributed by atoms with Crippen LogP contribution in [0.1, 0.15) is 19.3 Å². The van der Waals surface area contributed by atoms with E-state index in [0.29, 0.717) is 0 Å². The number of likely N-dealkylation sites (tertiary alicyclic amines) is 1. The molecule has 1 aromatic carbocycles. The maximum absolute atomic E-state index is 5.53. The van der Waals surface area contributed by atoms with Gasteiger partial charge < -0.3 is 14.2 Å². The van der Waals surface area contributed by atoms with Crippen molar-refractivity contribution < 1.29 is 4.74 Å². The molecule has 0 saturated carbocycles. The number of ether oxygens (including phenoxy) is 1. The van der Waals surface area contributed by atoms with Gasteiger partial charge in [0.25, 0.3) is 0 Å². The van der Waals surface area contributed by atoms with Crippen LogP contribution >= 0.6 is 11.3 Å². The third-order valence-corrected chi connectivity index (χ3v) is 6.78. The lowest BCUT2D eigenvalue weighted by molar-refractivity contribution is 0.222. The molecule has 154 valence electrons. The predicted molar refractivity (Wildman–Crippen MR) is 125 cm³/mol. The molecule has 30 heavy (non-hydrogen) atoms. The van der Waals surface area contributed by atoms with Crippen molar-refractivity contribution >= 4 is 22.2 Å². The normalized spacial score (nSPS) is 15.0. The second kappa shape index (κ2) is 8.62. The molecule has 5 rings (SSSR count). The van der Waals surface area contributed by atoms with Crippen molar-refractivity contribution in [1.82, 2.24) is 14.5 Å². The van der Waals surface area contributed by atoms with Crippen molar-refractivity contribution in [2.45, 2.75) is 25.8 Å². The molecule has 4 aromatic rings. The molecule has 0 bridgehead atoms. The summed E-state index contributed by atoms with van der Waals surface area (Å²) in [4.78, 5) is 7.15. The molecule has 0 aliphatic carbocycles. The van der Waals surface area contributed by atoms with Crippen molar-refractivity contribution in [3.05, 3.63) is 59.7 Å². The van der Waals surface area contributed by atoms with Crippen LogP contribution < -0.4 is 4.74 Å². The maximum atomic E-state index is 5.53. The Morgan fingerprint density at radius 3 is 2.63 bits per heavy atom. The van der Waals surface area contributed by atoms with Gasteiger partial charge in [0.15, 0.2) is 0 Å². The molecule has 0 atom stereocenters. The van der Waals surface area contributed by atoms with Crippen molar-refractivity contribution in [1.29, 1.82) is 0 Å². The molecule has 1 saturated heterocycles. The molecule has 1 fully saturated rings. The van der Waals surface area contributed by atoms with Crippen LogP contribution in [0, 0.1) is 0 Å². The number of benzene rings is 1. The van der Waals surface area contributed by atoms with Gasteiger partial charge in [-0.3, -0.25) is 4.98 Å². The summed E-state index contributed by atoms with van der Waals surface area (Å²) in [6, 6.07) is 10.8. The largest absolute Gasteiger partial charge is 0.497 e. The van der Waals surface area contributed by atoms with E-state index in [1.54, 1.807) is 18.4 Å². The second-order valence-electron chi connectivity index (χ2n) is 8.00. The van der Waals surface area contributed by atoms with E-state index in [2.05, 4.69) is 61.7 Å². The van der Waals surface area contributed by atoms with E-state index < -0.39 is 0 Å². The average molecular weight is 418 g/mol. The van der Waals surface area contributed by atoms with Crippen LogP contribution in [0.25, 0.3) is 33.2 Å². The summed E-state index contributed by atoms with van der Waals surface area (Å²) in [5.74, 6) is 0.888. The fourth-order valence-corrected chi connectivity index (χ4v) is 5.09. The van der Waals surface area contributed by atoms with Gasteiger partial charge in [-0.1, -0.05) is 6.42 Å². The van der Waals surface area contributed by atoms with Gasteiger partial charge in [-0.05, 0) is 72.6 Å². The smallest absolute Gasteiger partial charge is 0.119 e. The Balaban J connectivity index is 1.53. The Morgan fingerprint density at radius 2 is 1.83 bits per heavy atom. The number of methoxy groups -OCH3 is 1. The first-order chi connectivity index (χ1) is 14.8. The fraction of sp³-hybridized carbons (Fsp3) is 0.320. The number of hydrogen-bond acceptors (Lipinski definition) is 4. The Hall–Kier alpha value is -2.63. The zero-order valence-corrected chi connectivity index (χ0v) is 18.2. The maximum Gasteiger partial charge on any atom is 0.119 e. The molecule has 3 aromatic heterocycles. The number of hydrogen-bond donors (Lipinski definition) is 0. The predicted octanol–water partition coefficient (Wildman–Crippen LogP) is 5.93. The number of fused-ring (bicyclic) bond motifs is 1. The number of aromatic nitrogens is 2. The summed E-state index contributed by atoms with van der Waals surface area (Å²) in [7, 11) is 1.73.